The van der Waals surface area contributed by atoms with Crippen LogP contribution in [-0.2, 0) is 6.54 Å². The molecule has 0 bridgehead atoms. The highest BCUT2D eigenvalue weighted by atomic mass is 16.1. The van der Waals surface area contributed by atoms with Crippen LogP contribution in [0.3, 0.4) is 0 Å². The lowest BCUT2D eigenvalue weighted by molar-refractivity contribution is 0.329. The topological polar surface area (TPSA) is 77.1 Å². The maximum absolute atomic E-state index is 13.2. The molecule has 154 valence electrons. The molecule has 0 spiro atoms. The van der Waals surface area contributed by atoms with Crippen LogP contribution in [0.1, 0.15) is 30.8 Å². The summed E-state index contributed by atoms with van der Waals surface area (Å²) in [5, 5.41) is 13.6. The van der Waals surface area contributed by atoms with E-state index in [1.165, 1.54) is 0 Å². The van der Waals surface area contributed by atoms with Gasteiger partial charge in [-0.05, 0) is 58.2 Å². The van der Waals surface area contributed by atoms with Crippen molar-refractivity contribution in [2.24, 2.45) is 5.92 Å². The molecule has 1 aliphatic heterocycles. The van der Waals surface area contributed by atoms with E-state index in [-0.39, 0.29) is 5.56 Å². The summed E-state index contributed by atoms with van der Waals surface area (Å²) in [5.74, 6) is 1.35. The summed E-state index contributed by atoms with van der Waals surface area (Å²) in [5.41, 5.74) is 3.96. The summed E-state index contributed by atoms with van der Waals surface area (Å²) in [6.07, 6.45) is 3.31. The van der Waals surface area contributed by atoms with E-state index in [2.05, 4.69) is 15.4 Å². The van der Waals surface area contributed by atoms with E-state index >= 15 is 0 Å². The molecule has 1 aliphatic rings. The summed E-state index contributed by atoms with van der Waals surface area (Å²) in [4.78, 5) is 17.9. The first-order valence-electron chi connectivity index (χ1n) is 10.7. The van der Waals surface area contributed by atoms with Gasteiger partial charge in [0, 0.05) is 12.1 Å². The van der Waals surface area contributed by atoms with Crippen LogP contribution in [0.25, 0.3) is 27.7 Å². The highest BCUT2D eigenvalue weighted by Gasteiger charge is 2.18. The molecule has 7 heteroatoms. The summed E-state index contributed by atoms with van der Waals surface area (Å²) < 4.78 is 3.43. The van der Waals surface area contributed by atoms with Gasteiger partial charge in [-0.15, -0.1) is 0 Å². The quantitative estimate of drug-likeness (QED) is 0.568. The van der Waals surface area contributed by atoms with E-state index in [1.54, 1.807) is 4.68 Å². The summed E-state index contributed by atoms with van der Waals surface area (Å²) >= 11 is 0. The third-order valence-corrected chi connectivity index (χ3v) is 6.13. The zero-order valence-electron chi connectivity index (χ0n) is 17.4. The second-order valence-corrected chi connectivity index (χ2v) is 8.17. The van der Waals surface area contributed by atoms with Crippen LogP contribution in [0.4, 0.5) is 0 Å². The Labute approximate surface area is 174 Å². The first-order chi connectivity index (χ1) is 14.6. The zero-order valence-corrected chi connectivity index (χ0v) is 17.4. The van der Waals surface area contributed by atoms with Crippen LogP contribution in [-0.4, -0.2) is 37.5 Å². The van der Waals surface area contributed by atoms with Gasteiger partial charge in [0.2, 0.25) is 0 Å². The Bertz CT molecular complexity index is 1270. The van der Waals surface area contributed by atoms with Gasteiger partial charge in [0.25, 0.3) is 5.56 Å². The number of nitrogens with zero attached hydrogens (tertiary/aromatic N) is 5. The fraction of sp³-hybridized carbons (Fsp3) is 0.391. The average molecular weight is 403 g/mol. The lowest BCUT2D eigenvalue weighted by Crippen LogP contribution is -2.30. The molecule has 1 fully saturated rings. The SMILES string of the molecule is Cc1nn(CCC2CCNCC2)c(=O)c2nc(C)n3nc(-c4ccccc4)cc3c12. The van der Waals surface area contributed by atoms with Crippen LogP contribution in [0.5, 0.6) is 0 Å². The van der Waals surface area contributed by atoms with E-state index in [0.29, 0.717) is 23.8 Å². The van der Waals surface area contributed by atoms with Crippen LogP contribution >= 0.6 is 0 Å². The second kappa shape index (κ2) is 7.65. The molecule has 5 rings (SSSR count). The first kappa shape index (κ1) is 18.9. The number of piperidine rings is 1. The number of fused-ring (bicyclic) bond motifs is 3. The molecule has 0 aliphatic carbocycles. The predicted octanol–water partition coefficient (Wildman–Crippen LogP) is 3.11. The van der Waals surface area contributed by atoms with Crippen molar-refractivity contribution in [1.29, 1.82) is 0 Å². The predicted molar refractivity (Wildman–Crippen MR) is 118 cm³/mol. The van der Waals surface area contributed by atoms with Crippen molar-refractivity contribution in [3.8, 4) is 11.3 Å². The van der Waals surface area contributed by atoms with E-state index in [4.69, 9.17) is 5.10 Å². The van der Waals surface area contributed by atoms with E-state index in [0.717, 1.165) is 60.2 Å². The van der Waals surface area contributed by atoms with Gasteiger partial charge in [-0.25, -0.2) is 14.2 Å². The molecule has 30 heavy (non-hydrogen) atoms. The highest BCUT2D eigenvalue weighted by molar-refractivity contribution is 5.96. The molecule has 1 aromatic carbocycles. The van der Waals surface area contributed by atoms with Crippen molar-refractivity contribution in [3.63, 3.8) is 0 Å². The Morgan fingerprint density at radius 3 is 2.63 bits per heavy atom. The monoisotopic (exact) mass is 402 g/mol. The number of hydrogen-bond donors (Lipinski definition) is 1. The maximum Gasteiger partial charge on any atom is 0.293 e. The number of aryl methyl sites for hydroxylation is 3. The van der Waals surface area contributed by atoms with Crippen LogP contribution < -0.4 is 10.9 Å². The Morgan fingerprint density at radius 2 is 1.87 bits per heavy atom. The van der Waals surface area contributed by atoms with Gasteiger partial charge in [0.1, 0.15) is 11.3 Å². The molecule has 0 unspecified atom stereocenters. The van der Waals surface area contributed by atoms with Gasteiger partial charge in [-0.3, -0.25) is 4.79 Å². The van der Waals surface area contributed by atoms with Gasteiger partial charge < -0.3 is 5.32 Å². The van der Waals surface area contributed by atoms with Crippen molar-refractivity contribution in [2.45, 2.75) is 39.7 Å². The third-order valence-electron chi connectivity index (χ3n) is 6.13. The molecule has 0 radical (unpaired) electrons. The van der Waals surface area contributed by atoms with Crippen molar-refractivity contribution in [2.75, 3.05) is 13.1 Å². The molecule has 1 saturated heterocycles. The van der Waals surface area contributed by atoms with Gasteiger partial charge in [0.15, 0.2) is 0 Å². The molecule has 0 amide bonds. The minimum Gasteiger partial charge on any atom is -0.317 e. The Balaban J connectivity index is 1.60. The first-order valence-corrected chi connectivity index (χ1v) is 10.7. The molecule has 0 atom stereocenters. The standard InChI is InChI=1S/C23H26N6O/c1-15-21-20-14-19(18-6-4-3-5-7-18)27-29(20)16(2)25-22(21)23(30)28(26-15)13-10-17-8-11-24-12-9-17/h3-7,14,17,24H,8-13H2,1-2H3. The van der Waals surface area contributed by atoms with E-state index in [9.17, 15) is 4.79 Å². The number of hydrogen-bond acceptors (Lipinski definition) is 5. The fourth-order valence-corrected chi connectivity index (χ4v) is 4.48. The summed E-state index contributed by atoms with van der Waals surface area (Å²) in [6.45, 7) is 6.61. The maximum atomic E-state index is 13.2. The van der Waals surface area contributed by atoms with Gasteiger partial charge >= 0.3 is 0 Å². The lowest BCUT2D eigenvalue weighted by Gasteiger charge is -2.22. The lowest BCUT2D eigenvalue weighted by atomic mass is 9.95. The van der Waals surface area contributed by atoms with Crippen molar-refractivity contribution in [1.82, 2.24) is 29.7 Å². The molecule has 0 saturated carbocycles. The van der Waals surface area contributed by atoms with Gasteiger partial charge in [-0.2, -0.15) is 10.2 Å². The molecule has 7 nitrogen and oxygen atoms in total. The van der Waals surface area contributed by atoms with Crippen LogP contribution in [0.2, 0.25) is 0 Å². The Hall–Kier alpha value is -3.06. The molecular weight excluding hydrogens is 376 g/mol. The highest BCUT2D eigenvalue weighted by Crippen LogP contribution is 2.26. The third kappa shape index (κ3) is 3.29. The van der Waals surface area contributed by atoms with Crippen LogP contribution in [0.15, 0.2) is 41.2 Å². The molecule has 1 N–H and O–H groups in total. The smallest absolute Gasteiger partial charge is 0.293 e. The minimum absolute atomic E-state index is 0.113. The van der Waals surface area contributed by atoms with Crippen molar-refractivity contribution in [3.05, 3.63) is 58.3 Å². The number of nitrogens with one attached hydrogen (secondary N) is 1. The zero-order chi connectivity index (χ0) is 20.7. The van der Waals surface area contributed by atoms with Crippen LogP contribution in [0, 0.1) is 19.8 Å². The van der Waals surface area contributed by atoms with E-state index in [1.807, 2.05) is 54.8 Å². The Morgan fingerprint density at radius 1 is 1.10 bits per heavy atom. The van der Waals surface area contributed by atoms with Gasteiger partial charge in [0.05, 0.1) is 22.3 Å². The summed E-state index contributed by atoms with van der Waals surface area (Å²) in [7, 11) is 0. The van der Waals surface area contributed by atoms with Crippen molar-refractivity contribution >= 4 is 16.4 Å². The largest absolute Gasteiger partial charge is 0.317 e. The minimum atomic E-state index is -0.113. The van der Waals surface area contributed by atoms with Gasteiger partial charge in [-0.1, -0.05) is 30.3 Å². The number of rotatable bonds is 4. The second-order valence-electron chi connectivity index (χ2n) is 8.17. The van der Waals surface area contributed by atoms with E-state index < -0.39 is 0 Å². The fourth-order valence-electron chi connectivity index (χ4n) is 4.48. The molecule has 4 heterocycles. The number of aromatic nitrogens is 5. The molecular formula is C23H26N6O. The Kier molecular flexibility index (Phi) is 4.83. The van der Waals surface area contributed by atoms with Crippen molar-refractivity contribution < 1.29 is 0 Å². The normalized spacial score (nSPS) is 15.3. The molecule has 4 aromatic rings. The number of benzene rings is 1. The molecule has 3 aromatic heterocycles. The summed E-state index contributed by atoms with van der Waals surface area (Å²) in [6, 6.07) is 12.1. The average Bonchev–Trinajstić information content (AvgIpc) is 3.22.